The van der Waals surface area contributed by atoms with Gasteiger partial charge in [0.2, 0.25) is 0 Å². The summed E-state index contributed by atoms with van der Waals surface area (Å²) in [6.07, 6.45) is -8.47. The monoisotopic (exact) mass is 224 g/mol. The van der Waals surface area contributed by atoms with E-state index in [1.165, 1.54) is 18.2 Å². The van der Waals surface area contributed by atoms with Crippen LogP contribution in [0.15, 0.2) is 24.3 Å². The van der Waals surface area contributed by atoms with Crippen LogP contribution in [0.2, 0.25) is 0 Å². The van der Waals surface area contributed by atoms with Crippen molar-refractivity contribution in [2.24, 2.45) is 0 Å². The van der Waals surface area contributed by atoms with Crippen molar-refractivity contribution >= 4 is 0 Å². The molecule has 84 valence electrons. The lowest BCUT2D eigenvalue weighted by Crippen LogP contribution is -2.24. The maximum Gasteiger partial charge on any atom is 0.419 e. The van der Waals surface area contributed by atoms with E-state index in [0.717, 1.165) is 6.07 Å². The van der Waals surface area contributed by atoms with Crippen molar-refractivity contribution < 1.29 is 22.0 Å². The van der Waals surface area contributed by atoms with E-state index in [2.05, 4.69) is 0 Å². The van der Waals surface area contributed by atoms with Crippen LogP contribution in [0.25, 0.3) is 0 Å². The van der Waals surface area contributed by atoms with Crippen molar-refractivity contribution in [1.82, 2.24) is 0 Å². The summed E-state index contributed by atoms with van der Waals surface area (Å²) in [4.78, 5) is 0. The lowest BCUT2D eigenvalue weighted by Gasteiger charge is -2.11. The number of hydrogen-bond donors (Lipinski definition) is 0. The van der Waals surface area contributed by atoms with Crippen molar-refractivity contribution in [3.63, 3.8) is 0 Å². The average Bonchev–Trinajstić information content (AvgIpc) is 2.12. The number of halogens is 5. The molecule has 1 aromatic carbocycles. The zero-order chi connectivity index (χ0) is 11.5. The van der Waals surface area contributed by atoms with Gasteiger partial charge in [-0.25, -0.2) is 8.78 Å². The van der Waals surface area contributed by atoms with Gasteiger partial charge in [0, 0.05) is 0 Å². The largest absolute Gasteiger partial charge is 0.419 e. The zero-order valence-corrected chi connectivity index (χ0v) is 7.69. The fourth-order valence-corrected chi connectivity index (χ4v) is 1.15. The van der Waals surface area contributed by atoms with E-state index in [9.17, 15) is 22.0 Å². The molecule has 0 fully saturated rings. The molecule has 0 amide bonds. The second-order valence-corrected chi connectivity index (χ2v) is 3.18. The average molecular weight is 224 g/mol. The van der Waals surface area contributed by atoms with Crippen LogP contribution in [0.4, 0.5) is 22.0 Å². The van der Waals surface area contributed by atoms with Gasteiger partial charge in [-0.05, 0) is 30.5 Å². The Morgan fingerprint density at radius 3 is 2.40 bits per heavy atom. The fourth-order valence-electron chi connectivity index (χ4n) is 1.15. The third kappa shape index (κ3) is 3.85. The Labute approximate surface area is 83.7 Å². The van der Waals surface area contributed by atoms with Gasteiger partial charge in [-0.15, -0.1) is 0 Å². The van der Waals surface area contributed by atoms with Crippen LogP contribution in [0.1, 0.15) is 12.0 Å². The Bertz CT molecular complexity index is 318. The SMILES string of the molecule is Fc1cccc(CCC(F)C(F)(F)F)c1. The van der Waals surface area contributed by atoms with E-state index in [1.807, 2.05) is 0 Å². The summed E-state index contributed by atoms with van der Waals surface area (Å²) < 4.78 is 60.4. The summed E-state index contributed by atoms with van der Waals surface area (Å²) >= 11 is 0. The fraction of sp³-hybridized carbons (Fsp3) is 0.400. The molecule has 1 aromatic rings. The van der Waals surface area contributed by atoms with Crippen LogP contribution in [0.5, 0.6) is 0 Å². The molecule has 5 heteroatoms. The van der Waals surface area contributed by atoms with Gasteiger partial charge in [0.05, 0.1) is 0 Å². The maximum absolute atomic E-state index is 12.6. The molecule has 15 heavy (non-hydrogen) atoms. The molecule has 0 aliphatic heterocycles. The number of aryl methyl sites for hydroxylation is 1. The lowest BCUT2D eigenvalue weighted by molar-refractivity contribution is -0.181. The minimum atomic E-state index is -4.83. The Kier molecular flexibility index (Phi) is 3.66. The Hall–Kier alpha value is -1.13. The molecular weight excluding hydrogens is 215 g/mol. The van der Waals surface area contributed by atoms with Crippen molar-refractivity contribution in [2.45, 2.75) is 25.2 Å². The molecule has 0 spiro atoms. The van der Waals surface area contributed by atoms with Crippen LogP contribution >= 0.6 is 0 Å². The molecule has 0 aromatic heterocycles. The first-order chi connectivity index (χ1) is 6.89. The van der Waals surface area contributed by atoms with Gasteiger partial charge in [0.25, 0.3) is 0 Å². The van der Waals surface area contributed by atoms with Crippen molar-refractivity contribution in [1.29, 1.82) is 0 Å². The second kappa shape index (κ2) is 4.59. The summed E-state index contributed by atoms with van der Waals surface area (Å²) in [7, 11) is 0. The van der Waals surface area contributed by atoms with E-state index in [4.69, 9.17) is 0 Å². The summed E-state index contributed by atoms with van der Waals surface area (Å²) in [6, 6.07) is 5.13. The quantitative estimate of drug-likeness (QED) is 0.687. The van der Waals surface area contributed by atoms with Crippen LogP contribution in [-0.2, 0) is 6.42 Å². The van der Waals surface area contributed by atoms with Gasteiger partial charge in [-0.1, -0.05) is 12.1 Å². The van der Waals surface area contributed by atoms with Crippen LogP contribution < -0.4 is 0 Å². The van der Waals surface area contributed by atoms with Gasteiger partial charge >= 0.3 is 6.18 Å². The van der Waals surface area contributed by atoms with E-state index < -0.39 is 24.6 Å². The Morgan fingerprint density at radius 2 is 1.87 bits per heavy atom. The Morgan fingerprint density at radius 1 is 1.20 bits per heavy atom. The first-order valence-electron chi connectivity index (χ1n) is 4.35. The summed E-state index contributed by atoms with van der Waals surface area (Å²) in [6.45, 7) is 0. The molecule has 0 saturated heterocycles. The van der Waals surface area contributed by atoms with Gasteiger partial charge in [0.15, 0.2) is 6.17 Å². The summed E-state index contributed by atoms with van der Waals surface area (Å²) in [5.74, 6) is -0.532. The second-order valence-electron chi connectivity index (χ2n) is 3.18. The molecular formula is C10H9F5. The Balaban J connectivity index is 2.51. The first-order valence-corrected chi connectivity index (χ1v) is 4.35. The van der Waals surface area contributed by atoms with Gasteiger partial charge < -0.3 is 0 Å². The highest BCUT2D eigenvalue weighted by molar-refractivity contribution is 5.16. The highest BCUT2D eigenvalue weighted by atomic mass is 19.4. The number of hydrogen-bond acceptors (Lipinski definition) is 0. The van der Waals surface area contributed by atoms with Gasteiger partial charge in [-0.2, -0.15) is 13.2 Å². The van der Waals surface area contributed by atoms with E-state index in [-0.39, 0.29) is 6.42 Å². The molecule has 1 rings (SSSR count). The first kappa shape index (κ1) is 11.9. The normalized spacial score (nSPS) is 13.9. The zero-order valence-electron chi connectivity index (χ0n) is 7.69. The minimum Gasteiger partial charge on any atom is -0.237 e. The van der Waals surface area contributed by atoms with Crippen molar-refractivity contribution in [3.8, 4) is 0 Å². The maximum atomic E-state index is 12.6. The molecule has 0 heterocycles. The predicted octanol–water partition coefficient (Wildman–Crippen LogP) is 3.66. The molecule has 1 atom stereocenters. The topological polar surface area (TPSA) is 0 Å². The highest BCUT2D eigenvalue weighted by Crippen LogP contribution is 2.26. The summed E-state index contributed by atoms with van der Waals surface area (Å²) in [5.41, 5.74) is 0.363. The molecule has 0 saturated carbocycles. The standard InChI is InChI=1S/C10H9F5/c11-8-3-1-2-7(6-8)4-5-9(12)10(13,14)15/h1-3,6,9H,4-5H2. The third-order valence-corrected chi connectivity index (χ3v) is 1.93. The molecule has 0 aliphatic rings. The van der Waals surface area contributed by atoms with E-state index in [1.54, 1.807) is 0 Å². The molecule has 0 nitrogen and oxygen atoms in total. The molecule has 0 radical (unpaired) electrons. The van der Waals surface area contributed by atoms with Crippen LogP contribution in [0.3, 0.4) is 0 Å². The van der Waals surface area contributed by atoms with Gasteiger partial charge in [-0.3, -0.25) is 0 Å². The van der Waals surface area contributed by atoms with E-state index >= 15 is 0 Å². The van der Waals surface area contributed by atoms with Gasteiger partial charge in [0.1, 0.15) is 5.82 Å². The number of alkyl halides is 4. The predicted molar refractivity (Wildman–Crippen MR) is 45.7 cm³/mol. The highest BCUT2D eigenvalue weighted by Gasteiger charge is 2.39. The lowest BCUT2D eigenvalue weighted by atomic mass is 10.1. The molecule has 0 N–H and O–H groups in total. The molecule has 0 aliphatic carbocycles. The van der Waals surface area contributed by atoms with Crippen molar-refractivity contribution in [3.05, 3.63) is 35.6 Å². The smallest absolute Gasteiger partial charge is 0.237 e. The van der Waals surface area contributed by atoms with E-state index in [0.29, 0.717) is 5.56 Å². The summed E-state index contributed by atoms with van der Waals surface area (Å²) in [5, 5.41) is 0. The number of rotatable bonds is 3. The van der Waals surface area contributed by atoms with Crippen molar-refractivity contribution in [2.75, 3.05) is 0 Å². The third-order valence-electron chi connectivity index (χ3n) is 1.93. The minimum absolute atomic E-state index is 0.127. The molecule has 1 unspecified atom stereocenters. The van der Waals surface area contributed by atoms with Crippen LogP contribution in [-0.4, -0.2) is 12.3 Å². The van der Waals surface area contributed by atoms with Crippen LogP contribution in [0, 0.1) is 5.82 Å². The number of benzene rings is 1. The molecule has 0 bridgehead atoms.